The van der Waals surface area contributed by atoms with Crippen LogP contribution in [0.2, 0.25) is 0 Å². The number of alkyl halides is 2. The number of hydrogen-bond acceptors (Lipinski definition) is 3. The van der Waals surface area contributed by atoms with Crippen LogP contribution < -0.4 is 5.32 Å². The molecule has 6 heteroatoms. The van der Waals surface area contributed by atoms with Crippen molar-refractivity contribution in [3.8, 4) is 0 Å². The third-order valence-corrected chi connectivity index (χ3v) is 3.70. The molecule has 0 saturated heterocycles. The molecule has 0 aromatic heterocycles. The predicted molar refractivity (Wildman–Crippen MR) is 73.0 cm³/mol. The Morgan fingerprint density at radius 1 is 1.33 bits per heavy atom. The van der Waals surface area contributed by atoms with Gasteiger partial charge in [-0.3, -0.25) is 0 Å². The summed E-state index contributed by atoms with van der Waals surface area (Å²) in [6, 6.07) is 7.58. The van der Waals surface area contributed by atoms with Gasteiger partial charge in [0.15, 0.2) is 0 Å². The van der Waals surface area contributed by atoms with E-state index in [9.17, 15) is 18.7 Å². The van der Waals surface area contributed by atoms with Crippen LogP contribution >= 0.6 is 0 Å². The minimum Gasteiger partial charge on any atom is -0.445 e. The number of carbonyl (C=O) groups is 1. The van der Waals surface area contributed by atoms with Gasteiger partial charge in [0.2, 0.25) is 0 Å². The zero-order valence-electron chi connectivity index (χ0n) is 11.6. The van der Waals surface area contributed by atoms with Crippen LogP contribution in [-0.4, -0.2) is 29.3 Å². The van der Waals surface area contributed by atoms with Crippen LogP contribution in [0.1, 0.15) is 31.2 Å². The van der Waals surface area contributed by atoms with Crippen LogP contribution in [-0.2, 0) is 11.3 Å². The maximum atomic E-state index is 12.9. The van der Waals surface area contributed by atoms with Gasteiger partial charge in [-0.15, -0.1) is 0 Å². The molecule has 1 aromatic carbocycles. The fourth-order valence-electron chi connectivity index (χ4n) is 2.32. The Labute approximate surface area is 122 Å². The highest BCUT2D eigenvalue weighted by Gasteiger charge is 2.39. The Bertz CT molecular complexity index is 463. The first-order chi connectivity index (χ1) is 9.98. The molecule has 4 nitrogen and oxygen atoms in total. The highest BCUT2D eigenvalue weighted by Crippen LogP contribution is 2.36. The molecule has 1 unspecified atom stereocenters. The van der Waals surface area contributed by atoms with E-state index in [1.807, 2.05) is 6.07 Å². The summed E-state index contributed by atoms with van der Waals surface area (Å²) in [5.74, 6) is 0. The Hall–Kier alpha value is -1.69. The van der Waals surface area contributed by atoms with Gasteiger partial charge >= 0.3 is 6.09 Å². The predicted octanol–water partition coefficient (Wildman–Crippen LogP) is 2.85. The highest BCUT2D eigenvalue weighted by atomic mass is 19.3. The summed E-state index contributed by atoms with van der Waals surface area (Å²) < 4.78 is 30.8. The van der Waals surface area contributed by atoms with Crippen LogP contribution in [0.15, 0.2) is 30.3 Å². The Morgan fingerprint density at radius 2 is 2.00 bits per heavy atom. The topological polar surface area (TPSA) is 58.6 Å². The number of ether oxygens (including phenoxy) is 1. The van der Waals surface area contributed by atoms with E-state index in [0.29, 0.717) is 12.8 Å². The number of halogens is 2. The first-order valence-electron chi connectivity index (χ1n) is 6.96. The molecule has 2 rings (SSSR count). The molecule has 0 radical (unpaired) electrons. The Kier molecular flexibility index (Phi) is 5.12. The average molecular weight is 299 g/mol. The van der Waals surface area contributed by atoms with Gasteiger partial charge in [0.1, 0.15) is 6.61 Å². The number of rotatable bonds is 6. The lowest BCUT2D eigenvalue weighted by Crippen LogP contribution is -2.49. The largest absolute Gasteiger partial charge is 0.445 e. The van der Waals surface area contributed by atoms with Crippen LogP contribution in [0.25, 0.3) is 0 Å². The van der Waals surface area contributed by atoms with E-state index in [1.165, 1.54) is 0 Å². The van der Waals surface area contributed by atoms with E-state index in [1.54, 1.807) is 24.3 Å². The van der Waals surface area contributed by atoms with Gasteiger partial charge in [-0.05, 0) is 24.8 Å². The van der Waals surface area contributed by atoms with Gasteiger partial charge in [-0.2, -0.15) is 0 Å². The molecule has 2 N–H and O–H groups in total. The third kappa shape index (κ3) is 4.67. The molecule has 1 aliphatic carbocycles. The second-order valence-electron chi connectivity index (χ2n) is 5.43. The number of benzene rings is 1. The maximum absolute atomic E-state index is 12.9. The number of nitrogens with one attached hydrogen (secondary N) is 1. The molecule has 1 aromatic rings. The fourth-order valence-corrected chi connectivity index (χ4v) is 2.32. The van der Waals surface area contributed by atoms with E-state index in [0.717, 1.165) is 12.0 Å². The summed E-state index contributed by atoms with van der Waals surface area (Å²) in [4.78, 5) is 11.6. The first-order valence-corrected chi connectivity index (χ1v) is 6.96. The average Bonchev–Trinajstić information content (AvgIpc) is 2.43. The number of aliphatic hydroxyl groups is 1. The van der Waals surface area contributed by atoms with Crippen molar-refractivity contribution >= 4 is 6.09 Å². The Balaban J connectivity index is 1.80. The Morgan fingerprint density at radius 3 is 2.52 bits per heavy atom. The van der Waals surface area contributed by atoms with Crippen LogP contribution in [0, 0.1) is 0 Å². The van der Waals surface area contributed by atoms with Gasteiger partial charge in [0.05, 0.1) is 11.6 Å². The lowest BCUT2D eigenvalue weighted by Gasteiger charge is -2.39. The molecule has 21 heavy (non-hydrogen) atoms. The minimum absolute atomic E-state index is 0.0207. The van der Waals surface area contributed by atoms with Crippen molar-refractivity contribution in [1.82, 2.24) is 5.32 Å². The normalized spacial score (nSPS) is 17.9. The first kappa shape index (κ1) is 15.7. The van der Waals surface area contributed by atoms with Crippen molar-refractivity contribution in [1.29, 1.82) is 0 Å². The molecule has 0 bridgehead atoms. The molecule has 1 fully saturated rings. The monoisotopic (exact) mass is 299 g/mol. The van der Waals surface area contributed by atoms with Crippen LogP contribution in [0.4, 0.5) is 13.6 Å². The molecule has 1 aliphatic rings. The van der Waals surface area contributed by atoms with Crippen molar-refractivity contribution in [3.63, 3.8) is 0 Å². The van der Waals surface area contributed by atoms with Crippen molar-refractivity contribution in [2.75, 3.05) is 0 Å². The van der Waals surface area contributed by atoms with E-state index < -0.39 is 24.2 Å². The lowest BCUT2D eigenvalue weighted by atomic mass is 9.76. The van der Waals surface area contributed by atoms with E-state index in [2.05, 4.69) is 5.32 Å². The smallest absolute Gasteiger partial charge is 0.407 e. The highest BCUT2D eigenvalue weighted by molar-refractivity contribution is 5.67. The van der Waals surface area contributed by atoms with Crippen LogP contribution in [0.3, 0.4) is 0 Å². The van der Waals surface area contributed by atoms with Gasteiger partial charge in [-0.25, -0.2) is 13.6 Å². The van der Waals surface area contributed by atoms with E-state index in [-0.39, 0.29) is 13.0 Å². The third-order valence-electron chi connectivity index (χ3n) is 3.70. The zero-order chi connectivity index (χ0) is 15.3. The second kappa shape index (κ2) is 6.85. The molecule has 0 spiro atoms. The number of carbonyl (C=O) groups excluding carboxylic acids is 1. The SMILES string of the molecule is O=C(NC(CC1(O)CCC1)C(F)F)OCc1ccccc1. The van der Waals surface area contributed by atoms with Gasteiger partial charge < -0.3 is 15.2 Å². The summed E-state index contributed by atoms with van der Waals surface area (Å²) in [7, 11) is 0. The van der Waals surface area contributed by atoms with Crippen molar-refractivity contribution < 1.29 is 23.4 Å². The molecular formula is C15H19F2NO3. The zero-order valence-corrected chi connectivity index (χ0v) is 11.6. The summed E-state index contributed by atoms with van der Waals surface area (Å²) >= 11 is 0. The van der Waals surface area contributed by atoms with Gasteiger partial charge in [0.25, 0.3) is 6.43 Å². The molecule has 116 valence electrons. The summed E-state index contributed by atoms with van der Waals surface area (Å²) in [5, 5.41) is 12.1. The van der Waals surface area contributed by atoms with E-state index in [4.69, 9.17) is 4.74 Å². The van der Waals surface area contributed by atoms with Gasteiger partial charge in [-0.1, -0.05) is 30.3 Å². The summed E-state index contributed by atoms with van der Waals surface area (Å²) in [6.07, 6.45) is -1.96. The number of hydrogen-bond donors (Lipinski definition) is 2. The van der Waals surface area contributed by atoms with E-state index >= 15 is 0 Å². The molecule has 1 atom stereocenters. The lowest BCUT2D eigenvalue weighted by molar-refractivity contribution is -0.0628. The van der Waals surface area contributed by atoms with Crippen molar-refractivity contribution in [2.24, 2.45) is 0 Å². The second-order valence-corrected chi connectivity index (χ2v) is 5.43. The van der Waals surface area contributed by atoms with Crippen molar-refractivity contribution in [3.05, 3.63) is 35.9 Å². The van der Waals surface area contributed by atoms with Crippen molar-refractivity contribution in [2.45, 2.75) is 50.4 Å². The quantitative estimate of drug-likeness (QED) is 0.849. The fraction of sp³-hybridized carbons (Fsp3) is 0.533. The molecular weight excluding hydrogens is 280 g/mol. The minimum atomic E-state index is -2.74. The number of alkyl carbamates (subject to hydrolysis) is 1. The molecule has 0 aliphatic heterocycles. The molecule has 0 heterocycles. The summed E-state index contributed by atoms with van der Waals surface area (Å²) in [5.41, 5.74) is -0.299. The van der Waals surface area contributed by atoms with Gasteiger partial charge in [0, 0.05) is 6.42 Å². The van der Waals surface area contributed by atoms with Crippen LogP contribution in [0.5, 0.6) is 0 Å². The number of amides is 1. The molecule has 1 saturated carbocycles. The molecule has 1 amide bonds. The summed E-state index contributed by atoms with van der Waals surface area (Å²) in [6.45, 7) is 0.0207. The standard InChI is InChI=1S/C15H19F2NO3/c16-13(17)12(9-15(20)7-4-8-15)18-14(19)21-10-11-5-2-1-3-6-11/h1-3,5-6,12-13,20H,4,7-10H2,(H,18,19). The maximum Gasteiger partial charge on any atom is 0.407 e.